The molecule has 2 aromatic rings. The molecule has 0 saturated carbocycles. The number of fused-ring (bicyclic) bond motifs is 1. The lowest BCUT2D eigenvalue weighted by Crippen LogP contribution is -2.49. The maximum Gasteiger partial charge on any atom is 0.259 e. The summed E-state index contributed by atoms with van der Waals surface area (Å²) >= 11 is 1.58. The van der Waals surface area contributed by atoms with Crippen molar-refractivity contribution >= 4 is 27.5 Å². The Labute approximate surface area is 174 Å². The topological polar surface area (TPSA) is 90.6 Å². The summed E-state index contributed by atoms with van der Waals surface area (Å²) in [5, 5.41) is 3.70. The summed E-state index contributed by atoms with van der Waals surface area (Å²) in [4.78, 5) is 38.6. The lowest BCUT2D eigenvalue weighted by Gasteiger charge is -2.33. The molecule has 2 saturated heterocycles. The Morgan fingerprint density at radius 1 is 1.28 bits per heavy atom. The molecule has 0 aromatic carbocycles. The fourth-order valence-corrected chi connectivity index (χ4v) is 5.03. The predicted octanol–water partition coefficient (Wildman–Crippen LogP) is 1.01. The van der Waals surface area contributed by atoms with Crippen LogP contribution in [-0.4, -0.2) is 77.7 Å². The lowest BCUT2D eigenvalue weighted by atomic mass is 10.2. The van der Waals surface area contributed by atoms with Crippen molar-refractivity contribution in [2.45, 2.75) is 39.3 Å². The molecule has 1 atom stereocenters. The Bertz CT molecular complexity index is 926. The van der Waals surface area contributed by atoms with Gasteiger partial charge in [0.2, 0.25) is 5.91 Å². The van der Waals surface area contributed by atoms with Crippen LogP contribution >= 0.6 is 11.3 Å². The van der Waals surface area contributed by atoms with Gasteiger partial charge in [0.05, 0.1) is 24.6 Å². The number of aryl methyl sites for hydroxylation is 2. The van der Waals surface area contributed by atoms with E-state index in [4.69, 9.17) is 4.74 Å². The van der Waals surface area contributed by atoms with Gasteiger partial charge in [0.1, 0.15) is 10.7 Å². The van der Waals surface area contributed by atoms with E-state index in [-0.39, 0.29) is 17.6 Å². The highest BCUT2D eigenvalue weighted by molar-refractivity contribution is 7.18. The second kappa shape index (κ2) is 8.91. The molecule has 4 rings (SSSR count). The van der Waals surface area contributed by atoms with Gasteiger partial charge < -0.3 is 15.0 Å². The van der Waals surface area contributed by atoms with Crippen LogP contribution in [0.15, 0.2) is 4.79 Å². The number of hydrogen-bond donors (Lipinski definition) is 2. The summed E-state index contributed by atoms with van der Waals surface area (Å²) in [6.07, 6.45) is 2.30. The molecule has 2 fully saturated rings. The van der Waals surface area contributed by atoms with Crippen molar-refractivity contribution in [3.8, 4) is 0 Å². The average molecular weight is 420 g/mol. The van der Waals surface area contributed by atoms with E-state index in [9.17, 15) is 9.59 Å². The molecule has 158 valence electrons. The monoisotopic (exact) mass is 419 g/mol. The fraction of sp³-hybridized carbons (Fsp3) is 0.650. The van der Waals surface area contributed by atoms with E-state index in [1.165, 1.54) is 0 Å². The summed E-state index contributed by atoms with van der Waals surface area (Å²) in [5.74, 6) is 0.778. The second-order valence-electron chi connectivity index (χ2n) is 7.97. The van der Waals surface area contributed by atoms with Crippen molar-refractivity contribution in [1.29, 1.82) is 0 Å². The van der Waals surface area contributed by atoms with Crippen LogP contribution in [0, 0.1) is 13.8 Å². The standard InChI is InChI=1S/C20H29N5O3S/c1-13-14(2)29-20-18(13)19(27)22-16(23-20)11-24-5-7-25(8-6-24)12-17(26)21-10-15-4-3-9-28-15/h15H,3-12H2,1-2H3,(H,21,26)(H,22,23,27)/t15-/m1/s1. The quantitative estimate of drug-likeness (QED) is 0.726. The molecule has 0 unspecified atom stereocenters. The van der Waals surface area contributed by atoms with Crippen molar-refractivity contribution in [2.24, 2.45) is 0 Å². The molecule has 2 aliphatic heterocycles. The van der Waals surface area contributed by atoms with Crippen LogP contribution in [0.1, 0.15) is 29.1 Å². The first-order valence-corrected chi connectivity index (χ1v) is 11.1. The molecule has 9 heteroatoms. The molecule has 1 amide bonds. The van der Waals surface area contributed by atoms with Crippen LogP contribution in [0.5, 0.6) is 0 Å². The largest absolute Gasteiger partial charge is 0.376 e. The van der Waals surface area contributed by atoms with E-state index in [0.29, 0.717) is 25.5 Å². The number of hydrogen-bond acceptors (Lipinski definition) is 7. The first-order valence-electron chi connectivity index (χ1n) is 10.3. The smallest absolute Gasteiger partial charge is 0.259 e. The van der Waals surface area contributed by atoms with Crippen LogP contribution in [0.25, 0.3) is 10.2 Å². The number of carbonyl (C=O) groups excluding carboxylic acids is 1. The van der Waals surface area contributed by atoms with Gasteiger partial charge in [-0.05, 0) is 32.3 Å². The van der Waals surface area contributed by atoms with Gasteiger partial charge in [-0.3, -0.25) is 19.4 Å². The number of carbonyl (C=O) groups is 1. The van der Waals surface area contributed by atoms with Gasteiger partial charge in [0, 0.05) is 44.2 Å². The molecule has 8 nitrogen and oxygen atoms in total. The first-order chi connectivity index (χ1) is 14.0. The van der Waals surface area contributed by atoms with Gasteiger partial charge in [-0.15, -0.1) is 11.3 Å². The van der Waals surface area contributed by atoms with Gasteiger partial charge in [0.15, 0.2) is 0 Å². The van der Waals surface area contributed by atoms with Gasteiger partial charge >= 0.3 is 0 Å². The summed E-state index contributed by atoms with van der Waals surface area (Å²) in [6, 6.07) is 0. The number of nitrogens with zero attached hydrogens (tertiary/aromatic N) is 3. The molecule has 2 aromatic heterocycles. The van der Waals surface area contributed by atoms with Gasteiger partial charge in [-0.25, -0.2) is 4.98 Å². The normalized spacial score (nSPS) is 21.1. The van der Waals surface area contributed by atoms with Gasteiger partial charge in [-0.1, -0.05) is 0 Å². The second-order valence-corrected chi connectivity index (χ2v) is 9.17. The molecule has 0 bridgehead atoms. The first kappa shape index (κ1) is 20.5. The fourth-order valence-electron chi connectivity index (χ4n) is 3.98. The zero-order chi connectivity index (χ0) is 20.4. The zero-order valence-electron chi connectivity index (χ0n) is 17.1. The number of aromatic nitrogens is 2. The van der Waals surface area contributed by atoms with E-state index in [0.717, 1.165) is 66.3 Å². The third kappa shape index (κ3) is 4.85. The van der Waals surface area contributed by atoms with E-state index >= 15 is 0 Å². The predicted molar refractivity (Wildman–Crippen MR) is 113 cm³/mol. The van der Waals surface area contributed by atoms with E-state index in [2.05, 4.69) is 25.1 Å². The Morgan fingerprint density at radius 2 is 2.03 bits per heavy atom. The highest BCUT2D eigenvalue weighted by Crippen LogP contribution is 2.25. The number of rotatable bonds is 6. The van der Waals surface area contributed by atoms with Crippen LogP contribution in [-0.2, 0) is 16.1 Å². The number of thiophene rings is 1. The van der Waals surface area contributed by atoms with Crippen LogP contribution in [0.3, 0.4) is 0 Å². The number of nitrogens with one attached hydrogen (secondary N) is 2. The molecule has 2 aliphatic rings. The summed E-state index contributed by atoms with van der Waals surface area (Å²) in [6.45, 7) is 9.83. The summed E-state index contributed by atoms with van der Waals surface area (Å²) in [7, 11) is 0. The van der Waals surface area contributed by atoms with E-state index in [1.807, 2.05) is 13.8 Å². The summed E-state index contributed by atoms with van der Waals surface area (Å²) in [5.41, 5.74) is 0.977. The van der Waals surface area contributed by atoms with E-state index in [1.54, 1.807) is 11.3 Å². The zero-order valence-corrected chi connectivity index (χ0v) is 17.9. The third-order valence-corrected chi connectivity index (χ3v) is 6.95. The Hall–Kier alpha value is -1.81. The summed E-state index contributed by atoms with van der Waals surface area (Å²) < 4.78 is 5.54. The molecule has 4 heterocycles. The molecule has 0 aliphatic carbocycles. The van der Waals surface area contributed by atoms with Crippen molar-refractivity contribution in [3.05, 3.63) is 26.6 Å². The Kier molecular flexibility index (Phi) is 6.29. The van der Waals surface area contributed by atoms with Crippen molar-refractivity contribution < 1.29 is 9.53 Å². The minimum Gasteiger partial charge on any atom is -0.376 e. The molecule has 0 radical (unpaired) electrons. The van der Waals surface area contributed by atoms with Gasteiger partial charge in [0.25, 0.3) is 5.56 Å². The Morgan fingerprint density at radius 3 is 2.76 bits per heavy atom. The molecule has 0 spiro atoms. The maximum atomic E-state index is 12.4. The highest BCUT2D eigenvalue weighted by Gasteiger charge is 2.21. The molecular formula is C20H29N5O3S. The number of H-pyrrole nitrogens is 1. The average Bonchev–Trinajstić information content (AvgIpc) is 3.30. The highest BCUT2D eigenvalue weighted by atomic mass is 32.1. The molecule has 29 heavy (non-hydrogen) atoms. The van der Waals surface area contributed by atoms with Crippen LogP contribution < -0.4 is 10.9 Å². The van der Waals surface area contributed by atoms with E-state index < -0.39 is 0 Å². The van der Waals surface area contributed by atoms with Crippen molar-refractivity contribution in [2.75, 3.05) is 45.9 Å². The maximum absolute atomic E-state index is 12.4. The van der Waals surface area contributed by atoms with Crippen molar-refractivity contribution in [1.82, 2.24) is 25.1 Å². The molecule has 2 N–H and O–H groups in total. The Balaban J connectivity index is 1.26. The third-order valence-electron chi connectivity index (χ3n) is 5.84. The number of ether oxygens (including phenoxy) is 1. The van der Waals surface area contributed by atoms with Gasteiger partial charge in [-0.2, -0.15) is 0 Å². The van der Waals surface area contributed by atoms with Crippen molar-refractivity contribution in [3.63, 3.8) is 0 Å². The number of amides is 1. The van der Waals surface area contributed by atoms with Crippen LogP contribution in [0.2, 0.25) is 0 Å². The lowest BCUT2D eigenvalue weighted by molar-refractivity contribution is -0.123. The van der Waals surface area contributed by atoms with Crippen LogP contribution in [0.4, 0.5) is 0 Å². The minimum absolute atomic E-state index is 0.0478. The minimum atomic E-state index is -0.0478. The SMILES string of the molecule is Cc1sc2nc(CN3CCN(CC(=O)NC[C@H]4CCCO4)CC3)[nH]c(=O)c2c1C. The molecular weight excluding hydrogens is 390 g/mol. The number of aromatic amines is 1. The number of piperazine rings is 1.